The Kier molecular flexibility index (Phi) is 5.79. The summed E-state index contributed by atoms with van der Waals surface area (Å²) in [5, 5.41) is 11.8. The Morgan fingerprint density at radius 3 is 2.70 bits per heavy atom. The number of hydrogen-bond acceptors (Lipinski definition) is 3. The molecule has 0 aliphatic heterocycles. The van der Waals surface area contributed by atoms with E-state index in [-0.39, 0.29) is 6.54 Å². The predicted molar refractivity (Wildman–Crippen MR) is 69.6 cm³/mol. The maximum Gasteiger partial charge on any atom is 0.415 e. The Bertz CT molecular complexity index is 468. The normalized spacial score (nSPS) is 13.3. The summed E-state index contributed by atoms with van der Waals surface area (Å²) in [6.07, 6.45) is -7.18. The van der Waals surface area contributed by atoms with Crippen molar-refractivity contribution in [2.75, 3.05) is 25.5 Å². The molecule has 0 bridgehead atoms. The van der Waals surface area contributed by atoms with Crippen LogP contribution < -0.4 is 5.32 Å². The fourth-order valence-corrected chi connectivity index (χ4v) is 1.67. The minimum absolute atomic E-state index is 0.278. The molecule has 0 aromatic heterocycles. The first kappa shape index (κ1) is 16.7. The summed E-state index contributed by atoms with van der Waals surface area (Å²) >= 11 is 5.73. The number of nitrogens with one attached hydrogen (secondary N) is 1. The lowest BCUT2D eigenvalue weighted by Crippen LogP contribution is -2.42. The molecule has 2 N–H and O–H groups in total. The van der Waals surface area contributed by atoms with Gasteiger partial charge in [0.05, 0.1) is 6.54 Å². The van der Waals surface area contributed by atoms with E-state index in [1.165, 1.54) is 13.1 Å². The molecular weight excluding hydrogens is 297 g/mol. The molecule has 20 heavy (non-hydrogen) atoms. The first-order valence-corrected chi connectivity index (χ1v) is 6.05. The molecule has 0 heterocycles. The number of carbonyl (C=O) groups excluding carboxylic acids is 1. The molecule has 1 amide bonds. The van der Waals surface area contributed by atoms with Crippen LogP contribution >= 0.6 is 11.6 Å². The van der Waals surface area contributed by atoms with Gasteiger partial charge in [0.2, 0.25) is 5.91 Å². The number of benzene rings is 1. The molecule has 4 nitrogen and oxygen atoms in total. The van der Waals surface area contributed by atoms with Crippen molar-refractivity contribution in [1.82, 2.24) is 4.90 Å². The Balaban J connectivity index is 2.46. The number of carbonyl (C=O) groups is 1. The number of hydrogen-bond donors (Lipinski definition) is 2. The molecule has 1 atom stereocenters. The maximum atomic E-state index is 12.1. The van der Waals surface area contributed by atoms with Crippen LogP contribution in [0.4, 0.5) is 18.9 Å². The van der Waals surface area contributed by atoms with E-state index in [0.29, 0.717) is 10.7 Å². The molecule has 0 saturated carbocycles. The lowest BCUT2D eigenvalue weighted by Gasteiger charge is -2.21. The van der Waals surface area contributed by atoms with E-state index in [1.807, 2.05) is 0 Å². The second-order valence-corrected chi connectivity index (χ2v) is 4.75. The van der Waals surface area contributed by atoms with Crippen LogP contribution in [0.15, 0.2) is 24.3 Å². The molecule has 1 unspecified atom stereocenters. The summed E-state index contributed by atoms with van der Waals surface area (Å²) < 4.78 is 36.4. The highest BCUT2D eigenvalue weighted by molar-refractivity contribution is 6.30. The van der Waals surface area contributed by atoms with Gasteiger partial charge in [0.1, 0.15) is 0 Å². The van der Waals surface area contributed by atoms with E-state index in [1.54, 1.807) is 18.2 Å². The first-order valence-electron chi connectivity index (χ1n) is 5.67. The zero-order valence-electron chi connectivity index (χ0n) is 10.6. The highest BCUT2D eigenvalue weighted by atomic mass is 35.5. The third-order valence-electron chi connectivity index (χ3n) is 2.38. The van der Waals surface area contributed by atoms with Crippen molar-refractivity contribution >= 4 is 23.2 Å². The molecular formula is C12H14ClF3N2O2. The van der Waals surface area contributed by atoms with Gasteiger partial charge in [-0.05, 0) is 25.2 Å². The van der Waals surface area contributed by atoms with Crippen molar-refractivity contribution in [2.24, 2.45) is 0 Å². The standard InChI is InChI=1S/C12H14ClF3N2O2/c1-18(6-10(19)12(14,15)16)7-11(20)17-9-4-2-3-8(13)5-9/h2-5,10,19H,6-7H2,1H3,(H,17,20). The van der Waals surface area contributed by atoms with Crippen LogP contribution in [0.1, 0.15) is 0 Å². The number of nitrogens with zero attached hydrogens (tertiary/aromatic N) is 1. The van der Waals surface area contributed by atoms with Crippen molar-refractivity contribution in [2.45, 2.75) is 12.3 Å². The van der Waals surface area contributed by atoms with Crippen molar-refractivity contribution in [1.29, 1.82) is 0 Å². The van der Waals surface area contributed by atoms with Gasteiger partial charge in [-0.3, -0.25) is 9.69 Å². The number of halogens is 4. The number of amides is 1. The van der Waals surface area contributed by atoms with Crippen LogP contribution in [0.3, 0.4) is 0 Å². The number of anilines is 1. The van der Waals surface area contributed by atoms with Crippen molar-refractivity contribution in [3.8, 4) is 0 Å². The molecule has 0 saturated heterocycles. The summed E-state index contributed by atoms with van der Waals surface area (Å²) in [6, 6.07) is 6.39. The van der Waals surface area contributed by atoms with E-state index >= 15 is 0 Å². The van der Waals surface area contributed by atoms with Gasteiger partial charge in [0.25, 0.3) is 0 Å². The minimum atomic E-state index is -4.70. The smallest absolute Gasteiger partial charge is 0.382 e. The van der Waals surface area contributed by atoms with Gasteiger partial charge < -0.3 is 10.4 Å². The van der Waals surface area contributed by atoms with Gasteiger partial charge in [-0.1, -0.05) is 17.7 Å². The van der Waals surface area contributed by atoms with Gasteiger partial charge in [0, 0.05) is 17.3 Å². The summed E-state index contributed by atoms with van der Waals surface area (Å²) in [4.78, 5) is 12.7. The number of aliphatic hydroxyl groups excluding tert-OH is 1. The fraction of sp³-hybridized carbons (Fsp3) is 0.417. The SMILES string of the molecule is CN(CC(=O)Nc1cccc(Cl)c1)CC(O)C(F)(F)F. The molecule has 0 spiro atoms. The second kappa shape index (κ2) is 6.92. The maximum absolute atomic E-state index is 12.1. The van der Waals surface area contributed by atoms with Crippen LogP contribution in [-0.2, 0) is 4.79 Å². The zero-order valence-corrected chi connectivity index (χ0v) is 11.4. The Morgan fingerprint density at radius 2 is 2.15 bits per heavy atom. The molecule has 0 aliphatic carbocycles. The Hall–Kier alpha value is -1.31. The number of aliphatic hydroxyl groups is 1. The molecule has 8 heteroatoms. The Morgan fingerprint density at radius 1 is 1.50 bits per heavy atom. The molecule has 112 valence electrons. The van der Waals surface area contributed by atoms with Gasteiger partial charge in [-0.25, -0.2) is 0 Å². The van der Waals surface area contributed by atoms with Crippen molar-refractivity contribution < 1.29 is 23.1 Å². The fourth-order valence-electron chi connectivity index (χ4n) is 1.48. The Labute approximate surface area is 119 Å². The summed E-state index contributed by atoms with van der Waals surface area (Å²) in [7, 11) is 1.31. The molecule has 0 fully saturated rings. The average Bonchev–Trinajstić information content (AvgIpc) is 2.26. The van der Waals surface area contributed by atoms with Crippen molar-refractivity contribution in [3.63, 3.8) is 0 Å². The van der Waals surface area contributed by atoms with E-state index in [0.717, 1.165) is 4.90 Å². The highest BCUT2D eigenvalue weighted by Crippen LogP contribution is 2.20. The van der Waals surface area contributed by atoms with Crippen LogP contribution in [0, 0.1) is 0 Å². The third kappa shape index (κ3) is 5.77. The van der Waals surface area contributed by atoms with Crippen LogP contribution in [0.25, 0.3) is 0 Å². The average molecular weight is 311 g/mol. The van der Waals surface area contributed by atoms with E-state index < -0.39 is 24.7 Å². The monoisotopic (exact) mass is 310 g/mol. The lowest BCUT2D eigenvalue weighted by atomic mass is 10.3. The quantitative estimate of drug-likeness (QED) is 0.876. The van der Waals surface area contributed by atoms with Crippen molar-refractivity contribution in [3.05, 3.63) is 29.3 Å². The highest BCUT2D eigenvalue weighted by Gasteiger charge is 2.38. The minimum Gasteiger partial charge on any atom is -0.382 e. The topological polar surface area (TPSA) is 52.6 Å². The molecule has 1 aromatic rings. The molecule has 1 rings (SSSR count). The third-order valence-corrected chi connectivity index (χ3v) is 2.62. The number of alkyl halides is 3. The first-order chi connectivity index (χ1) is 9.18. The van der Waals surface area contributed by atoms with E-state index in [2.05, 4.69) is 5.32 Å². The zero-order chi connectivity index (χ0) is 15.3. The van der Waals surface area contributed by atoms with Crippen LogP contribution in [-0.4, -0.2) is 48.3 Å². The van der Waals surface area contributed by atoms with Crippen LogP contribution in [0.5, 0.6) is 0 Å². The van der Waals surface area contributed by atoms with E-state index in [4.69, 9.17) is 16.7 Å². The summed E-state index contributed by atoms with van der Waals surface area (Å²) in [5.41, 5.74) is 0.451. The predicted octanol–water partition coefficient (Wildman–Crippen LogP) is 2.13. The van der Waals surface area contributed by atoms with Gasteiger partial charge >= 0.3 is 6.18 Å². The van der Waals surface area contributed by atoms with Gasteiger partial charge in [0.15, 0.2) is 6.10 Å². The van der Waals surface area contributed by atoms with E-state index in [9.17, 15) is 18.0 Å². The van der Waals surface area contributed by atoms with Gasteiger partial charge in [-0.2, -0.15) is 13.2 Å². The largest absolute Gasteiger partial charge is 0.415 e. The number of likely N-dealkylation sites (N-methyl/N-ethyl adjacent to an activating group) is 1. The van der Waals surface area contributed by atoms with Gasteiger partial charge in [-0.15, -0.1) is 0 Å². The van der Waals surface area contributed by atoms with Crippen LogP contribution in [0.2, 0.25) is 5.02 Å². The number of rotatable bonds is 5. The second-order valence-electron chi connectivity index (χ2n) is 4.31. The lowest BCUT2D eigenvalue weighted by molar-refractivity contribution is -0.207. The summed E-state index contributed by atoms with van der Waals surface area (Å²) in [5.74, 6) is -0.496. The molecule has 1 aromatic carbocycles. The molecule has 0 aliphatic rings. The molecule has 0 radical (unpaired) electrons. The summed E-state index contributed by atoms with van der Waals surface area (Å²) in [6.45, 7) is -0.952.